The van der Waals surface area contributed by atoms with Gasteiger partial charge in [0.25, 0.3) is 11.8 Å². The molecule has 0 saturated heterocycles. The maximum atomic E-state index is 14.6. The molecular weight excluding hydrogens is 526 g/mol. The van der Waals surface area contributed by atoms with Gasteiger partial charge in [0.15, 0.2) is 0 Å². The van der Waals surface area contributed by atoms with Gasteiger partial charge in [-0.25, -0.2) is 9.37 Å². The SMILES string of the molecule is CCc1cc(C(F)(C(F)(F)F)C(F)(F)F)cc(C)c1NC(=O)c1cccc(NC(=O)c2cccnc2F)c1. The van der Waals surface area contributed by atoms with Crippen molar-refractivity contribution < 1.29 is 44.7 Å². The molecule has 0 bridgehead atoms. The van der Waals surface area contributed by atoms with Crippen molar-refractivity contribution in [2.24, 2.45) is 0 Å². The summed E-state index contributed by atoms with van der Waals surface area (Å²) in [6.07, 6.45) is -11.5. The Morgan fingerprint density at radius 3 is 2.11 bits per heavy atom. The number of carbonyl (C=O) groups excluding carboxylic acids is 2. The number of benzene rings is 2. The standard InChI is InChI=1S/C25H19F8N3O2/c1-3-14-11-16(23(27,24(28,29)30)25(31,32)33)10-13(2)19(14)36-21(37)15-6-4-7-17(12-15)35-22(38)18-8-5-9-34-20(18)26/h4-12H,3H2,1-2H3,(H,35,38)(H,36,37). The molecule has 202 valence electrons. The summed E-state index contributed by atoms with van der Waals surface area (Å²) >= 11 is 0. The number of nitrogens with zero attached hydrogens (tertiary/aromatic N) is 1. The molecule has 0 saturated carbocycles. The van der Waals surface area contributed by atoms with E-state index in [0.29, 0.717) is 12.1 Å². The van der Waals surface area contributed by atoms with Crippen molar-refractivity contribution in [1.29, 1.82) is 0 Å². The van der Waals surface area contributed by atoms with Gasteiger partial charge in [-0.2, -0.15) is 30.7 Å². The molecule has 0 atom stereocenters. The monoisotopic (exact) mass is 545 g/mol. The van der Waals surface area contributed by atoms with Gasteiger partial charge in [0.2, 0.25) is 5.95 Å². The Balaban J connectivity index is 1.91. The van der Waals surface area contributed by atoms with Gasteiger partial charge >= 0.3 is 18.0 Å². The largest absolute Gasteiger partial charge is 0.435 e. The molecule has 1 heterocycles. The van der Waals surface area contributed by atoms with Crippen LogP contribution in [0.4, 0.5) is 46.5 Å². The first-order valence-electron chi connectivity index (χ1n) is 10.9. The van der Waals surface area contributed by atoms with Gasteiger partial charge in [-0.3, -0.25) is 9.59 Å². The average Bonchev–Trinajstić information content (AvgIpc) is 2.83. The molecule has 3 rings (SSSR count). The van der Waals surface area contributed by atoms with Crippen molar-refractivity contribution in [3.8, 4) is 0 Å². The first-order chi connectivity index (χ1) is 17.6. The summed E-state index contributed by atoms with van der Waals surface area (Å²) in [6.45, 7) is 2.54. The summed E-state index contributed by atoms with van der Waals surface area (Å²) < 4.78 is 108. The van der Waals surface area contributed by atoms with Crippen LogP contribution in [0.2, 0.25) is 0 Å². The summed E-state index contributed by atoms with van der Waals surface area (Å²) in [5, 5.41) is 4.81. The Kier molecular flexibility index (Phi) is 7.80. The summed E-state index contributed by atoms with van der Waals surface area (Å²) in [7, 11) is 0. The molecule has 0 aliphatic carbocycles. The summed E-state index contributed by atoms with van der Waals surface area (Å²) in [4.78, 5) is 28.5. The van der Waals surface area contributed by atoms with Crippen molar-refractivity contribution in [2.45, 2.75) is 38.3 Å². The Morgan fingerprint density at radius 1 is 0.868 bits per heavy atom. The number of carbonyl (C=O) groups is 2. The van der Waals surface area contributed by atoms with E-state index in [1.54, 1.807) is 0 Å². The molecular formula is C25H19F8N3O2. The Bertz CT molecular complexity index is 1360. The van der Waals surface area contributed by atoms with Crippen LogP contribution in [0.25, 0.3) is 0 Å². The Hall–Kier alpha value is -4.03. The van der Waals surface area contributed by atoms with E-state index in [-0.39, 0.29) is 40.0 Å². The van der Waals surface area contributed by atoms with E-state index in [1.807, 2.05) is 0 Å². The molecule has 2 aromatic carbocycles. The van der Waals surface area contributed by atoms with Crippen LogP contribution in [0.3, 0.4) is 0 Å². The molecule has 0 radical (unpaired) electrons. The summed E-state index contributed by atoms with van der Waals surface area (Å²) in [6, 6.07) is 8.66. The molecule has 3 aromatic rings. The second-order valence-corrected chi connectivity index (χ2v) is 8.17. The highest BCUT2D eigenvalue weighted by molar-refractivity contribution is 6.07. The zero-order valence-corrected chi connectivity index (χ0v) is 19.7. The zero-order valence-electron chi connectivity index (χ0n) is 19.7. The predicted molar refractivity (Wildman–Crippen MR) is 122 cm³/mol. The first kappa shape index (κ1) is 28.5. The molecule has 0 spiro atoms. The normalized spacial score (nSPS) is 12.3. The van der Waals surface area contributed by atoms with Crippen molar-refractivity contribution in [3.63, 3.8) is 0 Å². The highest BCUT2D eigenvalue weighted by atomic mass is 19.4. The minimum absolute atomic E-state index is 0.0505. The molecule has 13 heteroatoms. The zero-order chi connectivity index (χ0) is 28.5. The smallest absolute Gasteiger partial charge is 0.322 e. The van der Waals surface area contributed by atoms with Crippen molar-refractivity contribution >= 4 is 23.2 Å². The van der Waals surface area contributed by atoms with Crippen molar-refractivity contribution in [3.05, 3.63) is 88.5 Å². The maximum Gasteiger partial charge on any atom is 0.435 e. The van der Waals surface area contributed by atoms with E-state index in [2.05, 4.69) is 15.6 Å². The number of alkyl halides is 7. The van der Waals surface area contributed by atoms with E-state index >= 15 is 0 Å². The topological polar surface area (TPSA) is 71.1 Å². The summed E-state index contributed by atoms with van der Waals surface area (Å²) in [5.74, 6) is -2.69. The quantitative estimate of drug-likeness (QED) is 0.262. The van der Waals surface area contributed by atoms with Crippen LogP contribution in [-0.2, 0) is 12.1 Å². The molecule has 0 aliphatic rings. The van der Waals surface area contributed by atoms with Gasteiger partial charge in [-0.15, -0.1) is 0 Å². The van der Waals surface area contributed by atoms with Crippen LogP contribution >= 0.6 is 0 Å². The third-order valence-corrected chi connectivity index (χ3v) is 5.60. The number of anilines is 2. The first-order valence-corrected chi connectivity index (χ1v) is 10.9. The minimum Gasteiger partial charge on any atom is -0.322 e. The van der Waals surface area contributed by atoms with Crippen molar-refractivity contribution in [1.82, 2.24) is 4.98 Å². The number of nitrogens with one attached hydrogen (secondary N) is 2. The highest BCUT2D eigenvalue weighted by Gasteiger charge is 2.73. The van der Waals surface area contributed by atoms with Gasteiger partial charge in [0.05, 0.1) is 5.56 Å². The lowest BCUT2D eigenvalue weighted by Gasteiger charge is -2.31. The number of hydrogen-bond donors (Lipinski definition) is 2. The molecule has 2 N–H and O–H groups in total. The molecule has 0 aliphatic heterocycles. The predicted octanol–water partition coefficient (Wildman–Crippen LogP) is 6.89. The second kappa shape index (κ2) is 10.4. The second-order valence-electron chi connectivity index (χ2n) is 8.17. The average molecular weight is 545 g/mol. The van der Waals surface area contributed by atoms with Gasteiger partial charge in [0.1, 0.15) is 0 Å². The third-order valence-electron chi connectivity index (χ3n) is 5.60. The Labute approximate surface area is 210 Å². The van der Waals surface area contributed by atoms with Crippen LogP contribution in [0.5, 0.6) is 0 Å². The molecule has 38 heavy (non-hydrogen) atoms. The molecule has 0 unspecified atom stereocenters. The number of pyridine rings is 1. The number of hydrogen-bond acceptors (Lipinski definition) is 3. The maximum absolute atomic E-state index is 14.6. The van der Waals surface area contributed by atoms with Gasteiger partial charge in [-0.1, -0.05) is 19.1 Å². The molecule has 0 fully saturated rings. The van der Waals surface area contributed by atoms with E-state index in [1.165, 1.54) is 43.3 Å². The van der Waals surface area contributed by atoms with Crippen LogP contribution in [0, 0.1) is 12.9 Å². The van der Waals surface area contributed by atoms with E-state index in [0.717, 1.165) is 13.1 Å². The summed E-state index contributed by atoms with van der Waals surface area (Å²) in [5.41, 5.74) is -8.08. The number of aromatic nitrogens is 1. The highest BCUT2D eigenvalue weighted by Crippen LogP contribution is 2.53. The molecule has 1 aromatic heterocycles. The van der Waals surface area contributed by atoms with E-state index < -0.39 is 41.3 Å². The fraction of sp³-hybridized carbons (Fsp3) is 0.240. The Morgan fingerprint density at radius 2 is 1.53 bits per heavy atom. The van der Waals surface area contributed by atoms with Crippen LogP contribution in [-0.4, -0.2) is 29.2 Å². The number of rotatable bonds is 6. The van der Waals surface area contributed by atoms with E-state index in [4.69, 9.17) is 0 Å². The molecule has 2 amide bonds. The van der Waals surface area contributed by atoms with Gasteiger partial charge in [0, 0.05) is 28.7 Å². The number of aryl methyl sites for hydroxylation is 2. The lowest BCUT2D eigenvalue weighted by molar-refractivity contribution is -0.348. The molecule has 5 nitrogen and oxygen atoms in total. The van der Waals surface area contributed by atoms with Crippen molar-refractivity contribution in [2.75, 3.05) is 10.6 Å². The lowest BCUT2D eigenvalue weighted by atomic mass is 9.89. The minimum atomic E-state index is -6.28. The van der Waals surface area contributed by atoms with Crippen LogP contribution in [0.15, 0.2) is 54.7 Å². The fourth-order valence-electron chi connectivity index (χ4n) is 3.68. The van der Waals surface area contributed by atoms with Gasteiger partial charge < -0.3 is 10.6 Å². The number of amides is 2. The lowest BCUT2D eigenvalue weighted by Crippen LogP contribution is -2.50. The van der Waals surface area contributed by atoms with Crippen LogP contribution < -0.4 is 10.6 Å². The number of halogens is 8. The third kappa shape index (κ3) is 5.46. The van der Waals surface area contributed by atoms with E-state index in [9.17, 15) is 44.7 Å². The fourth-order valence-corrected chi connectivity index (χ4v) is 3.68. The van der Waals surface area contributed by atoms with Crippen LogP contribution in [0.1, 0.15) is 44.3 Å². The van der Waals surface area contributed by atoms with Gasteiger partial charge in [-0.05, 0) is 60.9 Å².